The second-order valence-electron chi connectivity index (χ2n) is 4.79. The highest BCUT2D eigenvalue weighted by Crippen LogP contribution is 2.22. The summed E-state index contributed by atoms with van der Waals surface area (Å²) in [7, 11) is 0. The standard InChI is InChI=1S/C15H19NO3/c1-3-12(8-17)16-15(18)7-11-9-19-14-6-10(2)4-5-13(11)14/h4-6,9,12,17H,3,7-8H2,1-2H3,(H,16,18)/t12-/m0/s1. The van der Waals surface area contributed by atoms with E-state index in [1.165, 1.54) is 0 Å². The Hall–Kier alpha value is -1.81. The average molecular weight is 261 g/mol. The lowest BCUT2D eigenvalue weighted by Gasteiger charge is -2.13. The number of amides is 1. The van der Waals surface area contributed by atoms with Crippen molar-refractivity contribution in [3.63, 3.8) is 0 Å². The van der Waals surface area contributed by atoms with Gasteiger partial charge in [0.2, 0.25) is 5.91 Å². The Bertz CT molecular complexity index is 570. The van der Waals surface area contributed by atoms with Crippen LogP contribution in [0.2, 0.25) is 0 Å². The number of aliphatic hydroxyl groups excluding tert-OH is 1. The van der Waals surface area contributed by atoms with Gasteiger partial charge >= 0.3 is 0 Å². The summed E-state index contributed by atoms with van der Waals surface area (Å²) >= 11 is 0. The zero-order valence-corrected chi connectivity index (χ0v) is 11.3. The number of furan rings is 1. The van der Waals surface area contributed by atoms with Gasteiger partial charge in [0, 0.05) is 10.9 Å². The lowest BCUT2D eigenvalue weighted by atomic mass is 10.1. The van der Waals surface area contributed by atoms with Gasteiger partial charge in [0.05, 0.1) is 25.3 Å². The molecule has 0 saturated carbocycles. The quantitative estimate of drug-likeness (QED) is 0.867. The molecular weight excluding hydrogens is 242 g/mol. The predicted molar refractivity (Wildman–Crippen MR) is 74.0 cm³/mol. The highest BCUT2D eigenvalue weighted by Gasteiger charge is 2.13. The van der Waals surface area contributed by atoms with Gasteiger partial charge in [-0.2, -0.15) is 0 Å². The van der Waals surface area contributed by atoms with Crippen LogP contribution in [-0.2, 0) is 11.2 Å². The van der Waals surface area contributed by atoms with Crippen LogP contribution in [0.25, 0.3) is 11.0 Å². The number of hydrogen-bond acceptors (Lipinski definition) is 3. The van der Waals surface area contributed by atoms with Gasteiger partial charge in [-0.3, -0.25) is 4.79 Å². The van der Waals surface area contributed by atoms with Crippen molar-refractivity contribution in [2.75, 3.05) is 6.61 Å². The molecule has 2 rings (SSSR count). The molecule has 4 nitrogen and oxygen atoms in total. The predicted octanol–water partition coefficient (Wildman–Crippen LogP) is 2.17. The molecule has 2 N–H and O–H groups in total. The number of aliphatic hydroxyl groups is 1. The minimum Gasteiger partial charge on any atom is -0.464 e. The fourth-order valence-corrected chi connectivity index (χ4v) is 2.06. The molecule has 19 heavy (non-hydrogen) atoms. The summed E-state index contributed by atoms with van der Waals surface area (Å²) < 4.78 is 5.46. The van der Waals surface area contributed by atoms with E-state index in [4.69, 9.17) is 9.52 Å². The van der Waals surface area contributed by atoms with E-state index in [-0.39, 0.29) is 25.0 Å². The molecular formula is C15H19NO3. The van der Waals surface area contributed by atoms with Crippen molar-refractivity contribution in [3.05, 3.63) is 35.6 Å². The molecule has 0 fully saturated rings. The Kier molecular flexibility index (Phi) is 4.22. The molecule has 0 aliphatic rings. The molecule has 1 atom stereocenters. The van der Waals surface area contributed by atoms with Crippen LogP contribution in [0.1, 0.15) is 24.5 Å². The summed E-state index contributed by atoms with van der Waals surface area (Å²) in [6.07, 6.45) is 2.61. The van der Waals surface area contributed by atoms with E-state index < -0.39 is 0 Å². The zero-order valence-electron chi connectivity index (χ0n) is 11.3. The molecule has 1 aromatic heterocycles. The number of benzene rings is 1. The number of nitrogens with one attached hydrogen (secondary N) is 1. The zero-order chi connectivity index (χ0) is 13.8. The van der Waals surface area contributed by atoms with Gasteiger partial charge in [-0.15, -0.1) is 0 Å². The fraction of sp³-hybridized carbons (Fsp3) is 0.400. The average Bonchev–Trinajstić information content (AvgIpc) is 2.78. The second kappa shape index (κ2) is 5.89. The minimum atomic E-state index is -0.173. The maximum Gasteiger partial charge on any atom is 0.224 e. The third kappa shape index (κ3) is 3.15. The number of fused-ring (bicyclic) bond motifs is 1. The number of aryl methyl sites for hydroxylation is 1. The fourth-order valence-electron chi connectivity index (χ4n) is 2.06. The van der Waals surface area contributed by atoms with Crippen LogP contribution in [0.15, 0.2) is 28.9 Å². The van der Waals surface area contributed by atoms with Crippen molar-refractivity contribution < 1.29 is 14.3 Å². The van der Waals surface area contributed by atoms with Gasteiger partial charge in [0.1, 0.15) is 5.58 Å². The molecule has 2 aromatic rings. The van der Waals surface area contributed by atoms with Crippen LogP contribution in [-0.4, -0.2) is 23.7 Å². The smallest absolute Gasteiger partial charge is 0.224 e. The summed E-state index contributed by atoms with van der Waals surface area (Å²) in [6.45, 7) is 3.90. The van der Waals surface area contributed by atoms with Gasteiger partial charge in [0.25, 0.3) is 0 Å². The van der Waals surface area contributed by atoms with E-state index in [1.807, 2.05) is 32.0 Å². The topological polar surface area (TPSA) is 62.5 Å². The van der Waals surface area contributed by atoms with Crippen LogP contribution in [0, 0.1) is 6.92 Å². The Morgan fingerprint density at radius 1 is 1.47 bits per heavy atom. The molecule has 102 valence electrons. The Balaban J connectivity index is 2.11. The molecule has 1 aromatic carbocycles. The van der Waals surface area contributed by atoms with E-state index in [0.29, 0.717) is 6.42 Å². The van der Waals surface area contributed by atoms with Gasteiger partial charge in [-0.1, -0.05) is 19.1 Å². The monoisotopic (exact) mass is 261 g/mol. The van der Waals surface area contributed by atoms with Crippen molar-refractivity contribution >= 4 is 16.9 Å². The van der Waals surface area contributed by atoms with Crippen LogP contribution >= 0.6 is 0 Å². The van der Waals surface area contributed by atoms with Crippen LogP contribution < -0.4 is 5.32 Å². The molecule has 0 radical (unpaired) electrons. The first-order valence-corrected chi connectivity index (χ1v) is 6.51. The summed E-state index contributed by atoms with van der Waals surface area (Å²) in [5, 5.41) is 12.8. The van der Waals surface area contributed by atoms with Crippen molar-refractivity contribution in [2.45, 2.75) is 32.7 Å². The number of hydrogen-bond donors (Lipinski definition) is 2. The largest absolute Gasteiger partial charge is 0.464 e. The van der Waals surface area contributed by atoms with Crippen molar-refractivity contribution in [1.29, 1.82) is 0 Å². The summed E-state index contributed by atoms with van der Waals surface area (Å²) in [6, 6.07) is 5.76. The highest BCUT2D eigenvalue weighted by atomic mass is 16.3. The minimum absolute atomic E-state index is 0.0342. The Morgan fingerprint density at radius 3 is 2.95 bits per heavy atom. The summed E-state index contributed by atoms with van der Waals surface area (Å²) in [4.78, 5) is 11.9. The third-order valence-corrected chi connectivity index (χ3v) is 3.24. The van der Waals surface area contributed by atoms with E-state index in [2.05, 4.69) is 5.32 Å². The second-order valence-corrected chi connectivity index (χ2v) is 4.79. The van der Waals surface area contributed by atoms with Gasteiger partial charge in [0.15, 0.2) is 0 Å². The third-order valence-electron chi connectivity index (χ3n) is 3.24. The lowest BCUT2D eigenvalue weighted by Crippen LogP contribution is -2.37. The number of rotatable bonds is 5. The molecule has 1 amide bonds. The first-order valence-electron chi connectivity index (χ1n) is 6.51. The van der Waals surface area contributed by atoms with Gasteiger partial charge < -0.3 is 14.8 Å². The van der Waals surface area contributed by atoms with Crippen molar-refractivity contribution in [1.82, 2.24) is 5.32 Å². The first-order chi connectivity index (χ1) is 9.13. The van der Waals surface area contributed by atoms with Crippen LogP contribution in [0.4, 0.5) is 0 Å². The summed E-state index contributed by atoms with van der Waals surface area (Å²) in [5.74, 6) is -0.0934. The summed E-state index contributed by atoms with van der Waals surface area (Å²) in [5.41, 5.74) is 2.81. The molecule has 0 aliphatic heterocycles. The van der Waals surface area contributed by atoms with Gasteiger partial charge in [-0.25, -0.2) is 0 Å². The molecule has 0 unspecified atom stereocenters. The normalized spacial score (nSPS) is 12.6. The number of carbonyl (C=O) groups is 1. The Morgan fingerprint density at radius 2 is 2.26 bits per heavy atom. The molecule has 1 heterocycles. The van der Waals surface area contributed by atoms with E-state index in [0.717, 1.165) is 22.1 Å². The molecule has 0 spiro atoms. The van der Waals surface area contributed by atoms with Crippen molar-refractivity contribution in [2.24, 2.45) is 0 Å². The highest BCUT2D eigenvalue weighted by molar-refractivity contribution is 5.88. The maximum absolute atomic E-state index is 11.9. The molecule has 4 heteroatoms. The number of carbonyl (C=O) groups excluding carboxylic acids is 1. The SMILES string of the molecule is CC[C@@H](CO)NC(=O)Cc1coc2cc(C)ccc12. The molecule has 0 aliphatic carbocycles. The van der Waals surface area contributed by atoms with E-state index in [1.54, 1.807) is 6.26 Å². The van der Waals surface area contributed by atoms with E-state index >= 15 is 0 Å². The van der Waals surface area contributed by atoms with Crippen LogP contribution in [0.3, 0.4) is 0 Å². The van der Waals surface area contributed by atoms with E-state index in [9.17, 15) is 4.79 Å². The first kappa shape index (κ1) is 13.6. The maximum atomic E-state index is 11.9. The van der Waals surface area contributed by atoms with Crippen molar-refractivity contribution in [3.8, 4) is 0 Å². The molecule has 0 bridgehead atoms. The van der Waals surface area contributed by atoms with Gasteiger partial charge in [-0.05, 0) is 25.0 Å². The lowest BCUT2D eigenvalue weighted by molar-refractivity contribution is -0.121. The van der Waals surface area contributed by atoms with Crippen LogP contribution in [0.5, 0.6) is 0 Å². The Labute approximate surface area is 112 Å². The molecule has 0 saturated heterocycles.